The molecule has 1 heterocycles. The first-order valence-corrected chi connectivity index (χ1v) is 33.1. The molecule has 1 saturated heterocycles. The average Bonchev–Trinajstić information content (AvgIpc) is 3.46. The van der Waals surface area contributed by atoms with Crippen molar-refractivity contribution in [2.45, 2.75) is 307 Å². The number of hydrogen-bond donors (Lipinski definition) is 4. The molecule has 4 N–H and O–H groups in total. The van der Waals surface area contributed by atoms with Gasteiger partial charge in [0.2, 0.25) is 0 Å². The topological polar surface area (TPSA) is 178 Å². The average molecular weight is 1120 g/mol. The monoisotopic (exact) mass is 1120 g/mol. The molecular formula is C65H116O12S. The van der Waals surface area contributed by atoms with E-state index in [9.17, 15) is 33.1 Å². The van der Waals surface area contributed by atoms with E-state index in [-0.39, 0.29) is 19.6 Å². The fraction of sp³-hybridized carbons (Fsp3) is 0.800. The highest BCUT2D eigenvalue weighted by molar-refractivity contribution is 7.80. The van der Waals surface area contributed by atoms with E-state index >= 15 is 0 Å². The van der Waals surface area contributed by atoms with E-state index in [4.69, 9.17) is 18.9 Å². The van der Waals surface area contributed by atoms with Gasteiger partial charge in [0, 0.05) is 13.0 Å². The molecule has 454 valence electrons. The molecule has 1 fully saturated rings. The first kappa shape index (κ1) is 73.6. The molecule has 1 aliphatic heterocycles. The summed E-state index contributed by atoms with van der Waals surface area (Å²) in [6.07, 6.45) is 65.2. The maximum absolute atomic E-state index is 13.0. The zero-order valence-electron chi connectivity index (χ0n) is 49.5. The van der Waals surface area contributed by atoms with Crippen molar-refractivity contribution >= 4 is 16.4 Å². The van der Waals surface area contributed by atoms with Crippen molar-refractivity contribution in [1.29, 1.82) is 0 Å². The Hall–Kier alpha value is -2.46. The zero-order valence-corrected chi connectivity index (χ0v) is 50.3. The number of unbranched alkanes of at least 4 members (excludes halogenated alkanes) is 31. The van der Waals surface area contributed by atoms with E-state index in [2.05, 4.69) is 90.9 Å². The summed E-state index contributed by atoms with van der Waals surface area (Å²) in [5.74, 6) is -0.404. The lowest BCUT2D eigenvalue weighted by Gasteiger charge is -2.41. The van der Waals surface area contributed by atoms with Crippen LogP contribution in [-0.2, 0) is 38.3 Å². The minimum atomic E-state index is -5.07. The molecular weight excluding hydrogens is 1000 g/mol. The maximum atomic E-state index is 13.0. The van der Waals surface area contributed by atoms with Crippen LogP contribution in [0.4, 0.5) is 0 Å². The molecule has 0 spiro atoms. The van der Waals surface area contributed by atoms with Crippen LogP contribution in [0.3, 0.4) is 0 Å². The van der Waals surface area contributed by atoms with E-state index in [1.54, 1.807) is 0 Å². The fourth-order valence-corrected chi connectivity index (χ4v) is 10.1. The molecule has 13 heteroatoms. The van der Waals surface area contributed by atoms with Crippen LogP contribution in [0.25, 0.3) is 0 Å². The van der Waals surface area contributed by atoms with Gasteiger partial charge in [-0.05, 0) is 83.5 Å². The van der Waals surface area contributed by atoms with Gasteiger partial charge in [-0.25, -0.2) is 4.18 Å². The number of carbonyl (C=O) groups excluding carboxylic acids is 1. The summed E-state index contributed by atoms with van der Waals surface area (Å²) in [6.45, 7) is 3.91. The second-order valence-electron chi connectivity index (χ2n) is 21.6. The van der Waals surface area contributed by atoms with Crippen LogP contribution in [0.5, 0.6) is 0 Å². The largest absolute Gasteiger partial charge is 0.457 e. The van der Waals surface area contributed by atoms with E-state index in [1.165, 1.54) is 167 Å². The van der Waals surface area contributed by atoms with E-state index < -0.39 is 59.8 Å². The van der Waals surface area contributed by atoms with Crippen LogP contribution < -0.4 is 0 Å². The Bertz CT molecular complexity index is 1630. The van der Waals surface area contributed by atoms with Crippen LogP contribution in [-0.4, -0.2) is 97.5 Å². The van der Waals surface area contributed by atoms with E-state index in [1.807, 2.05) is 0 Å². The van der Waals surface area contributed by atoms with Crippen molar-refractivity contribution in [2.75, 3.05) is 26.4 Å². The first-order chi connectivity index (χ1) is 38.1. The summed E-state index contributed by atoms with van der Waals surface area (Å²) in [4.78, 5) is 13.0. The smallest absolute Gasteiger partial charge is 0.397 e. The van der Waals surface area contributed by atoms with Gasteiger partial charge >= 0.3 is 16.4 Å². The minimum absolute atomic E-state index is 0.0324. The number of aliphatic hydroxyl groups excluding tert-OH is 3. The van der Waals surface area contributed by atoms with Crippen molar-refractivity contribution in [3.05, 3.63) is 72.9 Å². The van der Waals surface area contributed by atoms with Crippen LogP contribution in [0.2, 0.25) is 0 Å². The Morgan fingerprint density at radius 2 is 0.885 bits per heavy atom. The normalized spacial score (nSPS) is 18.9. The highest BCUT2D eigenvalue weighted by atomic mass is 32.3. The minimum Gasteiger partial charge on any atom is -0.457 e. The summed E-state index contributed by atoms with van der Waals surface area (Å²) in [6, 6.07) is 0. The van der Waals surface area contributed by atoms with Crippen molar-refractivity contribution < 1.29 is 56.2 Å². The van der Waals surface area contributed by atoms with Gasteiger partial charge in [-0.1, -0.05) is 254 Å². The van der Waals surface area contributed by atoms with Crippen molar-refractivity contribution in [2.24, 2.45) is 0 Å². The number of esters is 1. The zero-order chi connectivity index (χ0) is 56.7. The summed E-state index contributed by atoms with van der Waals surface area (Å²) in [5.41, 5.74) is 0. The van der Waals surface area contributed by atoms with Crippen molar-refractivity contribution in [1.82, 2.24) is 0 Å². The molecule has 78 heavy (non-hydrogen) atoms. The van der Waals surface area contributed by atoms with Gasteiger partial charge in [0.05, 0.1) is 19.8 Å². The number of rotatable bonds is 56. The summed E-state index contributed by atoms with van der Waals surface area (Å²) < 4.78 is 59.6. The SMILES string of the molecule is CC/C=C\C/C=C\C/C=C\C/C=C\C/C=C\CCCCCCCCCCCC(=O)OC(COCCCCCCCCCCCCCCCC/C=C\CCCCCCCCCC)COC1OC(CO)C(O)C(OS(=O)(=O)O)C1O. The number of hydrogen-bond acceptors (Lipinski definition) is 11. The molecule has 1 rings (SSSR count). The van der Waals surface area contributed by atoms with Gasteiger partial charge in [0.25, 0.3) is 0 Å². The summed E-state index contributed by atoms with van der Waals surface area (Å²) in [7, 11) is -5.07. The Kier molecular flexibility index (Phi) is 52.0. The van der Waals surface area contributed by atoms with Gasteiger partial charge in [0.1, 0.15) is 30.5 Å². The Labute approximate surface area is 477 Å². The molecule has 1 aliphatic rings. The second-order valence-corrected chi connectivity index (χ2v) is 22.7. The fourth-order valence-electron chi connectivity index (χ4n) is 9.58. The van der Waals surface area contributed by atoms with Gasteiger partial charge in [-0.15, -0.1) is 0 Å². The standard InChI is InChI=1S/C65H116O12S/c1-3-5-7-9-11-13-15-17-19-21-23-25-27-29-31-33-35-37-39-41-43-45-47-49-51-53-55-73-57-59(58-74-65-63(69)64(77-78(70,71)72)62(68)60(56-66)76-65)75-61(67)54-52-50-48-46-44-42-40-38-36-34-32-30-28-26-24-22-20-18-16-14-12-10-8-6-4-2/h6,8,12,14,18,20-21,23-24,26,30,32,59-60,62-66,68-69H,3-5,7,9-11,13,15-17,19,22,25,27-29,31,33-58H2,1-2H3,(H,70,71,72)/b8-6-,14-12-,20-18-,23-21-,26-24-,32-30-. The van der Waals surface area contributed by atoms with E-state index in [0.29, 0.717) is 13.0 Å². The Morgan fingerprint density at radius 1 is 0.500 bits per heavy atom. The predicted molar refractivity (Wildman–Crippen MR) is 322 cm³/mol. The van der Waals surface area contributed by atoms with Gasteiger partial charge < -0.3 is 34.3 Å². The maximum Gasteiger partial charge on any atom is 0.397 e. The summed E-state index contributed by atoms with van der Waals surface area (Å²) in [5, 5.41) is 30.9. The predicted octanol–water partition coefficient (Wildman–Crippen LogP) is 16.5. The highest BCUT2D eigenvalue weighted by Crippen LogP contribution is 2.26. The number of allylic oxidation sites excluding steroid dienone is 12. The Morgan fingerprint density at radius 3 is 1.31 bits per heavy atom. The van der Waals surface area contributed by atoms with Crippen molar-refractivity contribution in [3.8, 4) is 0 Å². The molecule has 0 aromatic heterocycles. The highest BCUT2D eigenvalue weighted by Gasteiger charge is 2.48. The van der Waals surface area contributed by atoms with E-state index in [0.717, 1.165) is 77.0 Å². The molecule has 0 bridgehead atoms. The molecule has 12 nitrogen and oxygen atoms in total. The number of carbonyl (C=O) groups is 1. The lowest BCUT2D eigenvalue weighted by molar-refractivity contribution is -0.301. The third-order valence-corrected chi connectivity index (χ3v) is 14.8. The quantitative estimate of drug-likeness (QED) is 0.0196. The van der Waals surface area contributed by atoms with Crippen LogP contribution >= 0.6 is 0 Å². The third-order valence-electron chi connectivity index (χ3n) is 14.3. The molecule has 0 amide bonds. The lowest BCUT2D eigenvalue weighted by Crippen LogP contribution is -2.60. The third kappa shape index (κ3) is 47.2. The molecule has 0 aromatic carbocycles. The molecule has 0 radical (unpaired) electrons. The van der Waals surface area contributed by atoms with Crippen LogP contribution in [0.15, 0.2) is 72.9 Å². The molecule has 0 aromatic rings. The van der Waals surface area contributed by atoms with Gasteiger partial charge in [0.15, 0.2) is 6.29 Å². The molecule has 6 unspecified atom stereocenters. The number of ether oxygens (including phenoxy) is 4. The van der Waals surface area contributed by atoms with Crippen LogP contribution in [0, 0.1) is 0 Å². The molecule has 0 aliphatic carbocycles. The Balaban J connectivity index is 2.26. The van der Waals surface area contributed by atoms with Gasteiger partial charge in [-0.2, -0.15) is 8.42 Å². The second kappa shape index (κ2) is 55.1. The number of aliphatic hydroxyl groups is 3. The first-order valence-electron chi connectivity index (χ1n) is 31.7. The summed E-state index contributed by atoms with van der Waals surface area (Å²) >= 11 is 0. The van der Waals surface area contributed by atoms with Gasteiger partial charge in [-0.3, -0.25) is 9.35 Å². The van der Waals surface area contributed by atoms with Crippen LogP contribution in [0.1, 0.15) is 271 Å². The molecule has 6 atom stereocenters. The lowest BCUT2D eigenvalue weighted by atomic mass is 9.99. The molecule has 0 saturated carbocycles. The van der Waals surface area contributed by atoms with Crippen molar-refractivity contribution in [3.63, 3.8) is 0 Å².